The second-order valence-corrected chi connectivity index (χ2v) is 4.77. The van der Waals surface area contributed by atoms with Gasteiger partial charge in [0.2, 0.25) is 0 Å². The van der Waals surface area contributed by atoms with Gasteiger partial charge in [0, 0.05) is 0 Å². The van der Waals surface area contributed by atoms with Gasteiger partial charge in [-0.25, -0.2) is 14.4 Å². The Labute approximate surface area is 143 Å². The minimum Gasteiger partial charge on any atom is -0.479 e. The zero-order valence-corrected chi connectivity index (χ0v) is 13.6. The number of alkyl carbamates (subject to hydrolysis) is 1. The van der Waals surface area contributed by atoms with Crippen LogP contribution in [0.4, 0.5) is 4.79 Å². The molecule has 1 aromatic rings. The molecule has 0 radical (unpaired) electrons. The molecule has 1 amide bonds. The smallest absolute Gasteiger partial charge is 0.408 e. The lowest BCUT2D eigenvalue weighted by atomic mass is 10.2. The van der Waals surface area contributed by atoms with Crippen molar-refractivity contribution < 1.29 is 38.5 Å². The maximum Gasteiger partial charge on any atom is 0.408 e. The van der Waals surface area contributed by atoms with Gasteiger partial charge < -0.3 is 24.6 Å². The summed E-state index contributed by atoms with van der Waals surface area (Å²) in [6, 6.07) is 7.51. The fraction of sp³-hybridized carbons (Fsp3) is 0.375. The van der Waals surface area contributed by atoms with Crippen LogP contribution >= 0.6 is 0 Å². The molecule has 0 saturated heterocycles. The van der Waals surface area contributed by atoms with Crippen molar-refractivity contribution in [2.45, 2.75) is 26.0 Å². The molecule has 0 aliphatic rings. The van der Waals surface area contributed by atoms with Gasteiger partial charge in [-0.2, -0.15) is 0 Å². The van der Waals surface area contributed by atoms with E-state index in [1.165, 1.54) is 0 Å². The number of benzene rings is 1. The number of carbonyl (C=O) groups excluding carboxylic acids is 3. The zero-order valence-electron chi connectivity index (χ0n) is 13.6. The lowest BCUT2D eigenvalue weighted by Gasteiger charge is -2.16. The molecule has 0 aromatic heterocycles. The Morgan fingerprint density at radius 1 is 1.08 bits per heavy atom. The highest BCUT2D eigenvalue weighted by molar-refractivity contribution is 5.86. The molecular weight excluding hydrogens is 334 g/mol. The third-order valence-electron chi connectivity index (χ3n) is 2.80. The first-order valence-corrected chi connectivity index (χ1v) is 7.43. The average molecular weight is 353 g/mol. The number of amides is 1. The summed E-state index contributed by atoms with van der Waals surface area (Å²) in [7, 11) is 0. The fourth-order valence-corrected chi connectivity index (χ4v) is 1.71. The predicted molar refractivity (Wildman–Crippen MR) is 83.4 cm³/mol. The SMILES string of the molecule is CCOC(=O)[C@H](CC(=O)OCC(=O)O)NC(=O)OCc1ccccc1. The molecule has 0 unspecified atom stereocenters. The number of hydrogen-bond donors (Lipinski definition) is 2. The number of carboxylic acid groups (broad SMARTS) is 1. The van der Waals surface area contributed by atoms with Crippen LogP contribution in [0.15, 0.2) is 30.3 Å². The Hall–Kier alpha value is -3.10. The topological polar surface area (TPSA) is 128 Å². The summed E-state index contributed by atoms with van der Waals surface area (Å²) < 4.78 is 14.2. The van der Waals surface area contributed by atoms with Gasteiger partial charge in [0.05, 0.1) is 13.0 Å². The third kappa shape index (κ3) is 8.35. The fourth-order valence-electron chi connectivity index (χ4n) is 1.71. The molecule has 9 heteroatoms. The van der Waals surface area contributed by atoms with Crippen LogP contribution in [0.25, 0.3) is 0 Å². The first-order valence-electron chi connectivity index (χ1n) is 7.43. The van der Waals surface area contributed by atoms with Gasteiger partial charge in [-0.3, -0.25) is 4.79 Å². The van der Waals surface area contributed by atoms with Crippen molar-refractivity contribution in [2.75, 3.05) is 13.2 Å². The van der Waals surface area contributed by atoms with Gasteiger partial charge in [0.1, 0.15) is 12.6 Å². The molecule has 9 nitrogen and oxygen atoms in total. The first kappa shape index (κ1) is 19.9. The molecule has 0 heterocycles. The van der Waals surface area contributed by atoms with Crippen molar-refractivity contribution in [1.82, 2.24) is 5.32 Å². The van der Waals surface area contributed by atoms with E-state index in [0.717, 1.165) is 5.56 Å². The average Bonchev–Trinajstić information content (AvgIpc) is 2.58. The maximum absolute atomic E-state index is 11.8. The largest absolute Gasteiger partial charge is 0.479 e. The minimum atomic E-state index is -1.34. The van der Waals surface area contributed by atoms with Gasteiger partial charge in [-0.05, 0) is 12.5 Å². The number of rotatable bonds is 9. The number of ether oxygens (including phenoxy) is 3. The van der Waals surface area contributed by atoms with Crippen LogP contribution in [0.3, 0.4) is 0 Å². The van der Waals surface area contributed by atoms with Crippen molar-refractivity contribution in [3.05, 3.63) is 35.9 Å². The van der Waals surface area contributed by atoms with Crippen LogP contribution in [-0.2, 0) is 35.2 Å². The highest BCUT2D eigenvalue weighted by atomic mass is 16.6. The Bertz CT molecular complexity index is 601. The van der Waals surface area contributed by atoms with E-state index in [-0.39, 0.29) is 13.2 Å². The van der Waals surface area contributed by atoms with E-state index in [1.54, 1.807) is 31.2 Å². The van der Waals surface area contributed by atoms with Crippen LogP contribution in [-0.4, -0.2) is 48.4 Å². The highest BCUT2D eigenvalue weighted by Crippen LogP contribution is 2.03. The van der Waals surface area contributed by atoms with Gasteiger partial charge in [-0.15, -0.1) is 0 Å². The molecule has 1 rings (SSSR count). The van der Waals surface area contributed by atoms with E-state index in [2.05, 4.69) is 10.1 Å². The van der Waals surface area contributed by atoms with Gasteiger partial charge in [-0.1, -0.05) is 30.3 Å². The molecule has 1 aromatic carbocycles. The Morgan fingerprint density at radius 2 is 1.76 bits per heavy atom. The van der Waals surface area contributed by atoms with E-state index in [9.17, 15) is 19.2 Å². The molecule has 25 heavy (non-hydrogen) atoms. The molecule has 136 valence electrons. The summed E-state index contributed by atoms with van der Waals surface area (Å²) in [4.78, 5) is 45.5. The second-order valence-electron chi connectivity index (χ2n) is 4.77. The lowest BCUT2D eigenvalue weighted by Crippen LogP contribution is -2.43. The lowest BCUT2D eigenvalue weighted by molar-refractivity contribution is -0.157. The highest BCUT2D eigenvalue weighted by Gasteiger charge is 2.26. The summed E-state index contributed by atoms with van der Waals surface area (Å²) in [5.74, 6) is -3.16. The molecule has 0 aliphatic heterocycles. The second kappa shape index (κ2) is 10.6. The normalized spacial score (nSPS) is 11.1. The van der Waals surface area contributed by atoms with E-state index < -0.39 is 43.1 Å². The van der Waals surface area contributed by atoms with Crippen molar-refractivity contribution >= 4 is 24.0 Å². The van der Waals surface area contributed by atoms with Crippen molar-refractivity contribution in [3.8, 4) is 0 Å². The number of aliphatic carboxylic acids is 1. The molecule has 0 saturated carbocycles. The summed E-state index contributed by atoms with van der Waals surface area (Å²) in [5.41, 5.74) is 0.742. The van der Waals surface area contributed by atoms with Crippen LogP contribution in [0.2, 0.25) is 0 Å². The minimum absolute atomic E-state index is 0.0221. The Kier molecular flexibility index (Phi) is 8.48. The number of nitrogens with one attached hydrogen (secondary N) is 1. The summed E-state index contributed by atoms with van der Waals surface area (Å²) in [5, 5.41) is 10.7. The van der Waals surface area contributed by atoms with Gasteiger partial charge in [0.25, 0.3) is 0 Å². The van der Waals surface area contributed by atoms with Crippen molar-refractivity contribution in [2.24, 2.45) is 0 Å². The van der Waals surface area contributed by atoms with Crippen molar-refractivity contribution in [1.29, 1.82) is 0 Å². The zero-order chi connectivity index (χ0) is 18.7. The van der Waals surface area contributed by atoms with Crippen LogP contribution in [0, 0.1) is 0 Å². The molecular formula is C16H19NO8. The Morgan fingerprint density at radius 3 is 2.36 bits per heavy atom. The third-order valence-corrected chi connectivity index (χ3v) is 2.80. The first-order chi connectivity index (χ1) is 11.9. The van der Waals surface area contributed by atoms with Gasteiger partial charge >= 0.3 is 24.0 Å². The number of carbonyl (C=O) groups is 4. The van der Waals surface area contributed by atoms with Crippen molar-refractivity contribution in [3.63, 3.8) is 0 Å². The molecule has 0 bridgehead atoms. The molecule has 1 atom stereocenters. The van der Waals surface area contributed by atoms with Crippen LogP contribution in [0.1, 0.15) is 18.9 Å². The quantitative estimate of drug-likeness (QED) is 0.494. The van der Waals surface area contributed by atoms with E-state index in [1.807, 2.05) is 6.07 Å². The number of carboxylic acids is 1. The van der Waals surface area contributed by atoms with Crippen LogP contribution < -0.4 is 5.32 Å². The maximum atomic E-state index is 11.8. The summed E-state index contributed by atoms with van der Waals surface area (Å²) in [6.07, 6.45) is -1.50. The number of hydrogen-bond acceptors (Lipinski definition) is 7. The Balaban J connectivity index is 2.56. The number of esters is 2. The summed E-state index contributed by atoms with van der Waals surface area (Å²) in [6.45, 7) is 0.740. The monoisotopic (exact) mass is 353 g/mol. The van der Waals surface area contributed by atoms with E-state index >= 15 is 0 Å². The summed E-state index contributed by atoms with van der Waals surface area (Å²) >= 11 is 0. The van der Waals surface area contributed by atoms with Gasteiger partial charge in [0.15, 0.2) is 6.61 Å². The van der Waals surface area contributed by atoms with Crippen LogP contribution in [0.5, 0.6) is 0 Å². The molecule has 0 fully saturated rings. The molecule has 0 spiro atoms. The molecule has 0 aliphatic carbocycles. The predicted octanol–water partition coefficient (Wildman–Crippen LogP) is 0.862. The standard InChI is InChI=1S/C16H19NO8/c1-2-23-15(21)12(8-14(20)24-10-13(18)19)17-16(22)25-9-11-6-4-3-5-7-11/h3-7,12H,2,8-10H2,1H3,(H,17,22)(H,18,19)/t12-/m0/s1. The van der Waals surface area contributed by atoms with E-state index in [0.29, 0.717) is 0 Å². The van der Waals surface area contributed by atoms with E-state index in [4.69, 9.17) is 14.6 Å². The molecule has 2 N–H and O–H groups in total.